The lowest BCUT2D eigenvalue weighted by atomic mass is 9.80. The smallest absolute Gasteiger partial charge is 0.161 e. The number of nitrogens with one attached hydrogen (secondary N) is 1. The monoisotopic (exact) mass is 313 g/mol. The Bertz CT molecular complexity index is 575. The van der Waals surface area contributed by atoms with Gasteiger partial charge in [0.25, 0.3) is 0 Å². The maximum absolute atomic E-state index is 3.91. The third-order valence-electron chi connectivity index (χ3n) is 5.11. The number of anilines is 1. The van der Waals surface area contributed by atoms with Crippen molar-refractivity contribution >= 4 is 13.9 Å². The van der Waals surface area contributed by atoms with E-state index in [0.717, 1.165) is 0 Å². The first-order valence-electron chi connectivity index (χ1n) is 8.34. The van der Waals surface area contributed by atoms with Gasteiger partial charge in [-0.25, -0.2) is 0 Å². The molecule has 1 nitrogen and oxygen atoms in total. The fraction of sp³-hybridized carbons (Fsp3) is 0.500. The van der Waals surface area contributed by atoms with Crippen LogP contribution in [0.2, 0.25) is 18.1 Å². The van der Waals surface area contributed by atoms with Crippen LogP contribution in [0, 0.1) is 11.3 Å². The fourth-order valence-electron chi connectivity index (χ4n) is 3.72. The second kappa shape index (κ2) is 5.73. The quantitative estimate of drug-likeness (QED) is 0.648. The predicted octanol–water partition coefficient (Wildman–Crippen LogP) is 6.24. The Labute approximate surface area is 137 Å². The Morgan fingerprint density at radius 1 is 1.05 bits per heavy atom. The molecule has 0 aliphatic heterocycles. The summed E-state index contributed by atoms with van der Waals surface area (Å²) in [4.78, 5) is 3.91. The van der Waals surface area contributed by atoms with Gasteiger partial charge in [-0.15, -0.1) is 0 Å². The lowest BCUT2D eigenvalue weighted by molar-refractivity contribution is 0.349. The zero-order chi connectivity index (χ0) is 16.6. The van der Waals surface area contributed by atoms with Crippen LogP contribution in [0.1, 0.15) is 34.6 Å². The largest absolute Gasteiger partial charge is 0.410 e. The summed E-state index contributed by atoms with van der Waals surface area (Å²) in [6.45, 7) is 16.6. The van der Waals surface area contributed by atoms with E-state index in [1.165, 1.54) is 11.3 Å². The van der Waals surface area contributed by atoms with E-state index in [-0.39, 0.29) is 10.5 Å². The van der Waals surface area contributed by atoms with Crippen molar-refractivity contribution in [2.24, 2.45) is 11.3 Å². The molecule has 2 heteroatoms. The summed E-state index contributed by atoms with van der Waals surface area (Å²) in [6.07, 6.45) is 7.39. The highest BCUT2D eigenvalue weighted by atomic mass is 28.3. The first kappa shape index (κ1) is 17.1. The fourth-order valence-corrected chi connectivity index (χ4v) is 7.72. The second-order valence-electron chi connectivity index (χ2n) is 8.37. The van der Waals surface area contributed by atoms with E-state index < -0.39 is 8.24 Å². The molecule has 0 spiro atoms. The number of rotatable bonds is 4. The summed E-state index contributed by atoms with van der Waals surface area (Å²) in [5, 5.41) is 0.120. The van der Waals surface area contributed by atoms with Gasteiger partial charge in [-0.2, -0.15) is 0 Å². The zero-order valence-corrected chi connectivity index (χ0v) is 16.2. The molecule has 1 N–H and O–H groups in total. The topological polar surface area (TPSA) is 12.0 Å². The minimum absolute atomic E-state index is 0.120. The summed E-state index contributed by atoms with van der Waals surface area (Å²) >= 11 is 0. The highest BCUT2D eigenvalue weighted by Gasteiger charge is 2.53. The van der Waals surface area contributed by atoms with Gasteiger partial charge in [0, 0.05) is 10.7 Å². The van der Waals surface area contributed by atoms with E-state index in [1.807, 2.05) is 0 Å². The van der Waals surface area contributed by atoms with Crippen LogP contribution in [0.25, 0.3) is 0 Å². The average Bonchev–Trinajstić information content (AvgIpc) is 2.86. The van der Waals surface area contributed by atoms with Crippen LogP contribution < -0.4 is 4.98 Å². The molecule has 22 heavy (non-hydrogen) atoms. The molecule has 0 saturated heterocycles. The van der Waals surface area contributed by atoms with Gasteiger partial charge in [-0.3, -0.25) is 0 Å². The van der Waals surface area contributed by atoms with Gasteiger partial charge in [0.1, 0.15) is 0 Å². The molecule has 1 aliphatic rings. The Kier molecular flexibility index (Phi) is 4.45. The van der Waals surface area contributed by atoms with Gasteiger partial charge in [0.05, 0.1) is 0 Å². The predicted molar refractivity (Wildman–Crippen MR) is 102 cm³/mol. The van der Waals surface area contributed by atoms with Gasteiger partial charge < -0.3 is 4.98 Å². The number of hydrogen-bond acceptors (Lipinski definition) is 1. The minimum Gasteiger partial charge on any atom is -0.410 e. The van der Waals surface area contributed by atoms with Crippen LogP contribution >= 0.6 is 0 Å². The van der Waals surface area contributed by atoms with E-state index >= 15 is 0 Å². The minimum atomic E-state index is -1.80. The summed E-state index contributed by atoms with van der Waals surface area (Å²) in [5.41, 5.74) is 2.91. The van der Waals surface area contributed by atoms with Crippen molar-refractivity contribution < 1.29 is 0 Å². The molecule has 1 aromatic carbocycles. The molecule has 0 heterocycles. The van der Waals surface area contributed by atoms with Gasteiger partial charge in [-0.1, -0.05) is 84.1 Å². The molecular formula is C20H31NSi. The highest BCUT2D eigenvalue weighted by molar-refractivity contribution is 6.84. The maximum atomic E-state index is 3.91. The van der Waals surface area contributed by atoms with Gasteiger partial charge in [0.15, 0.2) is 8.24 Å². The lowest BCUT2D eigenvalue weighted by Crippen LogP contribution is -2.53. The van der Waals surface area contributed by atoms with Crippen molar-refractivity contribution in [2.45, 2.75) is 52.8 Å². The third kappa shape index (κ3) is 2.94. The van der Waals surface area contributed by atoms with Crippen LogP contribution in [-0.4, -0.2) is 8.24 Å². The van der Waals surface area contributed by atoms with E-state index in [2.05, 4.69) is 101 Å². The molecule has 0 amide bonds. The Balaban J connectivity index is 2.45. The SMILES string of the molecule is CC(C)C1=CC(C(C)(C)C)([Si](C)(C)Nc2ccccc2)C=C1. The molecule has 120 valence electrons. The summed E-state index contributed by atoms with van der Waals surface area (Å²) in [5.74, 6) is 0.585. The first-order chi connectivity index (χ1) is 10.1. The van der Waals surface area contributed by atoms with Crippen molar-refractivity contribution in [1.82, 2.24) is 0 Å². The number of para-hydroxylation sites is 1. The molecule has 1 unspecified atom stereocenters. The Morgan fingerprint density at radius 3 is 2.09 bits per heavy atom. The molecule has 0 bridgehead atoms. The Morgan fingerprint density at radius 2 is 1.64 bits per heavy atom. The summed E-state index contributed by atoms with van der Waals surface area (Å²) < 4.78 is 0. The van der Waals surface area contributed by atoms with Gasteiger partial charge in [0.2, 0.25) is 0 Å². The molecule has 2 rings (SSSR count). The van der Waals surface area contributed by atoms with Crippen LogP contribution in [-0.2, 0) is 0 Å². The zero-order valence-electron chi connectivity index (χ0n) is 15.2. The van der Waals surface area contributed by atoms with Crippen molar-refractivity contribution in [3.8, 4) is 0 Å². The van der Waals surface area contributed by atoms with Gasteiger partial charge >= 0.3 is 0 Å². The highest BCUT2D eigenvalue weighted by Crippen LogP contribution is 2.58. The number of benzene rings is 1. The lowest BCUT2D eigenvalue weighted by Gasteiger charge is -2.50. The van der Waals surface area contributed by atoms with Crippen molar-refractivity contribution in [2.75, 3.05) is 4.98 Å². The maximum Gasteiger partial charge on any atom is 0.161 e. The van der Waals surface area contributed by atoms with E-state index in [4.69, 9.17) is 0 Å². The number of hydrogen-bond donors (Lipinski definition) is 1. The third-order valence-corrected chi connectivity index (χ3v) is 9.15. The van der Waals surface area contributed by atoms with Crippen LogP contribution in [0.15, 0.2) is 54.1 Å². The molecular weight excluding hydrogens is 282 g/mol. The van der Waals surface area contributed by atoms with Crippen molar-refractivity contribution in [3.05, 3.63) is 54.1 Å². The molecule has 0 fully saturated rings. The van der Waals surface area contributed by atoms with Crippen LogP contribution in [0.5, 0.6) is 0 Å². The van der Waals surface area contributed by atoms with Crippen LogP contribution in [0.3, 0.4) is 0 Å². The molecule has 0 saturated carbocycles. The summed E-state index contributed by atoms with van der Waals surface area (Å²) in [6, 6.07) is 10.6. The number of allylic oxidation sites excluding steroid dienone is 4. The first-order valence-corrected chi connectivity index (χ1v) is 11.3. The van der Waals surface area contributed by atoms with Gasteiger partial charge in [-0.05, 0) is 29.0 Å². The van der Waals surface area contributed by atoms with E-state index in [0.29, 0.717) is 5.92 Å². The molecule has 1 aromatic rings. The van der Waals surface area contributed by atoms with Crippen LogP contribution in [0.4, 0.5) is 5.69 Å². The van der Waals surface area contributed by atoms with Crippen molar-refractivity contribution in [3.63, 3.8) is 0 Å². The normalized spacial score (nSPS) is 22.1. The molecule has 0 aromatic heterocycles. The van der Waals surface area contributed by atoms with E-state index in [1.54, 1.807) is 0 Å². The van der Waals surface area contributed by atoms with E-state index in [9.17, 15) is 0 Å². The standard InChI is InChI=1S/C20H31NSi/c1-16(2)17-13-14-20(15-17,19(3,4)5)22(6,7)21-18-11-9-8-10-12-18/h8-16,21H,1-7H3. The molecule has 0 radical (unpaired) electrons. The average molecular weight is 314 g/mol. The Hall–Kier alpha value is -1.28. The molecule has 1 aliphatic carbocycles. The second-order valence-corrected chi connectivity index (χ2v) is 12.7. The summed E-state index contributed by atoms with van der Waals surface area (Å²) in [7, 11) is -1.80. The molecule has 1 atom stereocenters. The van der Waals surface area contributed by atoms with Crippen molar-refractivity contribution in [1.29, 1.82) is 0 Å².